The van der Waals surface area contributed by atoms with Crippen molar-refractivity contribution in [2.75, 3.05) is 11.4 Å². The molecule has 0 spiro atoms. The molecule has 0 saturated carbocycles. The third-order valence-electron chi connectivity index (χ3n) is 3.17. The van der Waals surface area contributed by atoms with E-state index in [9.17, 15) is 14.0 Å². The SMILES string of the molecule is CC(CN(C(=O)c1cccnc1)c1ccc(F)cc1)C(=O)O. The van der Waals surface area contributed by atoms with E-state index in [0.717, 1.165) is 0 Å². The number of carboxylic acids is 1. The summed E-state index contributed by atoms with van der Waals surface area (Å²) in [5.74, 6) is -2.58. The highest BCUT2D eigenvalue weighted by Gasteiger charge is 2.23. The third kappa shape index (κ3) is 3.66. The molecule has 0 aliphatic carbocycles. The zero-order chi connectivity index (χ0) is 16.1. The van der Waals surface area contributed by atoms with Gasteiger partial charge in [-0.15, -0.1) is 0 Å². The molecule has 0 radical (unpaired) electrons. The van der Waals surface area contributed by atoms with Crippen LogP contribution < -0.4 is 4.90 Å². The number of pyridine rings is 1. The second-order valence-electron chi connectivity index (χ2n) is 4.87. The van der Waals surface area contributed by atoms with Gasteiger partial charge < -0.3 is 10.0 Å². The summed E-state index contributed by atoms with van der Waals surface area (Å²) < 4.78 is 13.1. The van der Waals surface area contributed by atoms with Crippen LogP contribution in [0.15, 0.2) is 48.8 Å². The van der Waals surface area contributed by atoms with E-state index in [2.05, 4.69) is 4.98 Å². The summed E-state index contributed by atoms with van der Waals surface area (Å²) in [7, 11) is 0. The third-order valence-corrected chi connectivity index (χ3v) is 3.17. The predicted molar refractivity (Wildman–Crippen MR) is 79.1 cm³/mol. The number of carboxylic acid groups (broad SMARTS) is 1. The van der Waals surface area contributed by atoms with Gasteiger partial charge in [0.05, 0.1) is 11.5 Å². The number of aromatic nitrogens is 1. The molecule has 22 heavy (non-hydrogen) atoms. The predicted octanol–water partition coefficient (Wildman–Crippen LogP) is 2.59. The van der Waals surface area contributed by atoms with E-state index in [1.165, 1.54) is 42.3 Å². The van der Waals surface area contributed by atoms with Crippen LogP contribution in [0.25, 0.3) is 0 Å². The Bertz CT molecular complexity index is 659. The molecule has 1 unspecified atom stereocenters. The minimum absolute atomic E-state index is 0.0192. The fraction of sp³-hybridized carbons (Fsp3) is 0.188. The summed E-state index contributed by atoms with van der Waals surface area (Å²) in [6.07, 6.45) is 2.95. The first-order valence-corrected chi connectivity index (χ1v) is 6.69. The molecule has 114 valence electrons. The van der Waals surface area contributed by atoms with Gasteiger partial charge in [-0.05, 0) is 36.4 Å². The van der Waals surface area contributed by atoms with E-state index >= 15 is 0 Å². The van der Waals surface area contributed by atoms with Gasteiger partial charge in [0, 0.05) is 24.6 Å². The Balaban J connectivity index is 2.34. The van der Waals surface area contributed by atoms with E-state index in [0.29, 0.717) is 11.3 Å². The molecule has 1 aromatic heterocycles. The Morgan fingerprint density at radius 1 is 1.27 bits per heavy atom. The van der Waals surface area contributed by atoms with Crippen molar-refractivity contribution in [3.8, 4) is 0 Å². The largest absolute Gasteiger partial charge is 0.481 e. The van der Waals surface area contributed by atoms with Gasteiger partial charge in [0.2, 0.25) is 0 Å². The van der Waals surface area contributed by atoms with Crippen LogP contribution in [0.2, 0.25) is 0 Å². The van der Waals surface area contributed by atoms with Crippen LogP contribution in [0, 0.1) is 11.7 Å². The number of amides is 1. The van der Waals surface area contributed by atoms with Gasteiger partial charge in [-0.2, -0.15) is 0 Å². The molecule has 6 heteroatoms. The van der Waals surface area contributed by atoms with Gasteiger partial charge in [-0.3, -0.25) is 14.6 Å². The number of aliphatic carboxylic acids is 1. The lowest BCUT2D eigenvalue weighted by atomic mass is 10.1. The molecule has 0 saturated heterocycles. The number of anilines is 1. The van der Waals surface area contributed by atoms with Crippen LogP contribution in [0.3, 0.4) is 0 Å². The van der Waals surface area contributed by atoms with Crippen molar-refractivity contribution in [3.05, 3.63) is 60.2 Å². The molecule has 0 aliphatic heterocycles. The molecule has 1 amide bonds. The maximum atomic E-state index is 13.1. The maximum Gasteiger partial charge on any atom is 0.308 e. The molecule has 1 heterocycles. The number of halogens is 1. The fourth-order valence-electron chi connectivity index (χ4n) is 1.92. The highest BCUT2D eigenvalue weighted by atomic mass is 19.1. The highest BCUT2D eigenvalue weighted by molar-refractivity contribution is 6.06. The monoisotopic (exact) mass is 302 g/mol. The molecule has 0 fully saturated rings. The standard InChI is InChI=1S/C16H15FN2O3/c1-11(16(21)22)10-19(14-6-4-13(17)5-7-14)15(20)12-3-2-8-18-9-12/h2-9,11H,10H2,1H3,(H,21,22). The first-order valence-electron chi connectivity index (χ1n) is 6.69. The Kier molecular flexibility index (Phi) is 4.83. The summed E-state index contributed by atoms with van der Waals surface area (Å²) in [6, 6.07) is 8.55. The van der Waals surface area contributed by atoms with Crippen molar-refractivity contribution in [1.29, 1.82) is 0 Å². The molecular formula is C16H15FN2O3. The average Bonchev–Trinajstić information content (AvgIpc) is 2.53. The Hall–Kier alpha value is -2.76. The minimum Gasteiger partial charge on any atom is -0.481 e. The van der Waals surface area contributed by atoms with Crippen molar-refractivity contribution in [2.45, 2.75) is 6.92 Å². The summed E-state index contributed by atoms with van der Waals surface area (Å²) in [4.78, 5) is 28.9. The second kappa shape index (κ2) is 6.80. The maximum absolute atomic E-state index is 13.1. The Morgan fingerprint density at radius 2 is 1.95 bits per heavy atom. The summed E-state index contributed by atoms with van der Waals surface area (Å²) in [5.41, 5.74) is 0.771. The van der Waals surface area contributed by atoms with Crippen LogP contribution in [0.4, 0.5) is 10.1 Å². The van der Waals surface area contributed by atoms with Crippen LogP contribution in [-0.2, 0) is 4.79 Å². The van der Waals surface area contributed by atoms with Gasteiger partial charge in [0.25, 0.3) is 5.91 Å². The number of hydrogen-bond donors (Lipinski definition) is 1. The number of benzene rings is 1. The lowest BCUT2D eigenvalue weighted by Crippen LogP contribution is -2.37. The summed E-state index contributed by atoms with van der Waals surface area (Å²) in [6.45, 7) is 1.49. The van der Waals surface area contributed by atoms with E-state index < -0.39 is 17.7 Å². The van der Waals surface area contributed by atoms with Gasteiger partial charge in [-0.1, -0.05) is 6.92 Å². The smallest absolute Gasteiger partial charge is 0.308 e. The molecule has 0 bridgehead atoms. The topological polar surface area (TPSA) is 70.5 Å². The van der Waals surface area contributed by atoms with Crippen molar-refractivity contribution in [2.24, 2.45) is 5.92 Å². The highest BCUT2D eigenvalue weighted by Crippen LogP contribution is 2.19. The molecule has 2 aromatic rings. The zero-order valence-corrected chi connectivity index (χ0v) is 11.9. The Morgan fingerprint density at radius 3 is 2.50 bits per heavy atom. The number of carbonyl (C=O) groups is 2. The van der Waals surface area contributed by atoms with Crippen molar-refractivity contribution in [1.82, 2.24) is 4.98 Å². The lowest BCUT2D eigenvalue weighted by Gasteiger charge is -2.24. The van der Waals surface area contributed by atoms with Gasteiger partial charge in [0.1, 0.15) is 5.82 Å². The fourth-order valence-corrected chi connectivity index (χ4v) is 1.92. The van der Waals surface area contributed by atoms with Gasteiger partial charge in [-0.25, -0.2) is 4.39 Å². The lowest BCUT2D eigenvalue weighted by molar-refractivity contribution is -0.140. The second-order valence-corrected chi connectivity index (χ2v) is 4.87. The van der Waals surface area contributed by atoms with Crippen LogP contribution in [0.5, 0.6) is 0 Å². The number of rotatable bonds is 5. The quantitative estimate of drug-likeness (QED) is 0.921. The van der Waals surface area contributed by atoms with E-state index in [1.54, 1.807) is 18.3 Å². The van der Waals surface area contributed by atoms with Crippen molar-refractivity contribution >= 4 is 17.6 Å². The van der Waals surface area contributed by atoms with Crippen LogP contribution in [0.1, 0.15) is 17.3 Å². The van der Waals surface area contributed by atoms with E-state index in [1.807, 2.05) is 0 Å². The summed E-state index contributed by atoms with van der Waals surface area (Å²) in [5, 5.41) is 9.06. The van der Waals surface area contributed by atoms with Gasteiger partial charge in [0.15, 0.2) is 0 Å². The molecule has 1 N–H and O–H groups in total. The van der Waals surface area contributed by atoms with Crippen LogP contribution in [-0.4, -0.2) is 28.5 Å². The molecule has 0 aliphatic rings. The van der Waals surface area contributed by atoms with Crippen molar-refractivity contribution < 1.29 is 19.1 Å². The molecule has 1 atom stereocenters. The zero-order valence-electron chi connectivity index (χ0n) is 11.9. The summed E-state index contributed by atoms with van der Waals surface area (Å²) >= 11 is 0. The van der Waals surface area contributed by atoms with Gasteiger partial charge >= 0.3 is 5.97 Å². The van der Waals surface area contributed by atoms with E-state index in [-0.39, 0.29) is 12.5 Å². The van der Waals surface area contributed by atoms with Crippen LogP contribution >= 0.6 is 0 Å². The Labute approximate surface area is 127 Å². The first kappa shape index (κ1) is 15.6. The molecule has 2 rings (SSSR count). The number of hydrogen-bond acceptors (Lipinski definition) is 3. The number of carbonyl (C=O) groups excluding carboxylic acids is 1. The molecular weight excluding hydrogens is 287 g/mol. The molecule has 5 nitrogen and oxygen atoms in total. The normalized spacial score (nSPS) is 11.7. The van der Waals surface area contributed by atoms with Crippen molar-refractivity contribution in [3.63, 3.8) is 0 Å². The number of nitrogens with zero attached hydrogens (tertiary/aromatic N) is 2. The van der Waals surface area contributed by atoms with E-state index in [4.69, 9.17) is 5.11 Å². The average molecular weight is 302 g/mol. The first-order chi connectivity index (χ1) is 10.5. The minimum atomic E-state index is -1.01. The molecule has 1 aromatic carbocycles.